The first-order valence-corrected chi connectivity index (χ1v) is 7.56. The van der Waals surface area contributed by atoms with Crippen molar-refractivity contribution in [2.24, 2.45) is 10.8 Å². The van der Waals surface area contributed by atoms with E-state index in [0.717, 1.165) is 58.4 Å². The van der Waals surface area contributed by atoms with Crippen molar-refractivity contribution >= 4 is 5.91 Å². The summed E-state index contributed by atoms with van der Waals surface area (Å²) in [7, 11) is 1.72. The van der Waals surface area contributed by atoms with E-state index in [9.17, 15) is 4.79 Å². The number of hydrogen-bond acceptors (Lipinski definition) is 3. The standard InChI is InChI=1S/C15H25NO3/c1-18-9-7-15(3-2-4-15)13(17)16-8-5-14(11-16)6-10-19-12-14/h2-12H2,1H3. The number of likely N-dealkylation sites (tertiary alicyclic amines) is 1. The number of methoxy groups -OCH3 is 1. The summed E-state index contributed by atoms with van der Waals surface area (Å²) in [5, 5.41) is 0. The van der Waals surface area contributed by atoms with Crippen LogP contribution in [0.4, 0.5) is 0 Å². The number of carbonyl (C=O) groups is 1. The Kier molecular flexibility index (Phi) is 3.56. The van der Waals surface area contributed by atoms with Gasteiger partial charge in [-0.3, -0.25) is 4.79 Å². The first-order valence-electron chi connectivity index (χ1n) is 7.56. The highest BCUT2D eigenvalue weighted by molar-refractivity contribution is 5.84. The van der Waals surface area contributed by atoms with E-state index < -0.39 is 0 Å². The molecule has 0 radical (unpaired) electrons. The van der Waals surface area contributed by atoms with Crippen molar-refractivity contribution in [2.45, 2.75) is 38.5 Å². The van der Waals surface area contributed by atoms with Crippen LogP contribution >= 0.6 is 0 Å². The van der Waals surface area contributed by atoms with Gasteiger partial charge >= 0.3 is 0 Å². The maximum absolute atomic E-state index is 12.8. The van der Waals surface area contributed by atoms with E-state index in [2.05, 4.69) is 4.90 Å². The second-order valence-corrected chi connectivity index (χ2v) is 6.66. The van der Waals surface area contributed by atoms with Crippen molar-refractivity contribution in [1.82, 2.24) is 4.90 Å². The lowest BCUT2D eigenvalue weighted by Crippen LogP contribution is -2.48. The molecule has 4 nitrogen and oxygen atoms in total. The normalized spacial score (nSPS) is 32.8. The summed E-state index contributed by atoms with van der Waals surface area (Å²) < 4.78 is 10.7. The SMILES string of the molecule is COCCC1(C(=O)N2CCC3(CCOC3)C2)CCC1. The van der Waals surface area contributed by atoms with Crippen LogP contribution in [0.3, 0.4) is 0 Å². The largest absolute Gasteiger partial charge is 0.385 e. The van der Waals surface area contributed by atoms with Gasteiger partial charge in [0.25, 0.3) is 0 Å². The van der Waals surface area contributed by atoms with Gasteiger partial charge in [0.15, 0.2) is 0 Å². The molecule has 0 aromatic heterocycles. The van der Waals surface area contributed by atoms with Crippen LogP contribution in [0, 0.1) is 10.8 Å². The van der Waals surface area contributed by atoms with Crippen LogP contribution in [0.1, 0.15) is 38.5 Å². The maximum atomic E-state index is 12.8. The minimum atomic E-state index is -0.0962. The molecular weight excluding hydrogens is 242 g/mol. The van der Waals surface area contributed by atoms with Crippen LogP contribution in [-0.4, -0.2) is 50.8 Å². The average Bonchev–Trinajstić information content (AvgIpc) is 2.99. The Hall–Kier alpha value is -0.610. The highest BCUT2D eigenvalue weighted by Crippen LogP contribution is 2.48. The van der Waals surface area contributed by atoms with Crippen molar-refractivity contribution < 1.29 is 14.3 Å². The molecule has 1 aliphatic carbocycles. The van der Waals surface area contributed by atoms with Gasteiger partial charge in [-0.2, -0.15) is 0 Å². The second kappa shape index (κ2) is 5.06. The molecule has 0 aromatic rings. The Morgan fingerprint density at radius 1 is 1.32 bits per heavy atom. The van der Waals surface area contributed by atoms with E-state index in [0.29, 0.717) is 12.5 Å². The van der Waals surface area contributed by atoms with Gasteiger partial charge in [0.05, 0.1) is 12.0 Å². The third kappa shape index (κ3) is 2.29. The van der Waals surface area contributed by atoms with Crippen LogP contribution in [0.2, 0.25) is 0 Å². The number of hydrogen-bond donors (Lipinski definition) is 0. The topological polar surface area (TPSA) is 38.8 Å². The summed E-state index contributed by atoms with van der Waals surface area (Å²) in [6, 6.07) is 0. The molecule has 108 valence electrons. The van der Waals surface area contributed by atoms with Crippen molar-refractivity contribution in [2.75, 3.05) is 40.0 Å². The lowest BCUT2D eigenvalue weighted by molar-refractivity contribution is -0.148. The summed E-state index contributed by atoms with van der Waals surface area (Å²) in [4.78, 5) is 14.9. The monoisotopic (exact) mass is 267 g/mol. The van der Waals surface area contributed by atoms with Crippen LogP contribution in [0.5, 0.6) is 0 Å². The van der Waals surface area contributed by atoms with Crippen LogP contribution in [-0.2, 0) is 14.3 Å². The summed E-state index contributed by atoms with van der Waals surface area (Å²) >= 11 is 0. The van der Waals surface area contributed by atoms with Gasteiger partial charge in [-0.15, -0.1) is 0 Å². The van der Waals surface area contributed by atoms with Crippen molar-refractivity contribution in [1.29, 1.82) is 0 Å². The van der Waals surface area contributed by atoms with Crippen LogP contribution in [0.25, 0.3) is 0 Å². The molecule has 1 amide bonds. The van der Waals surface area contributed by atoms with E-state index in [1.54, 1.807) is 7.11 Å². The Labute approximate surface area is 115 Å². The lowest BCUT2D eigenvalue weighted by atomic mass is 9.66. The molecule has 2 aliphatic heterocycles. The lowest BCUT2D eigenvalue weighted by Gasteiger charge is -2.43. The molecule has 1 saturated carbocycles. The molecule has 1 spiro atoms. The predicted molar refractivity (Wildman–Crippen MR) is 71.8 cm³/mol. The zero-order valence-electron chi connectivity index (χ0n) is 12.0. The molecule has 2 saturated heterocycles. The third-order valence-corrected chi connectivity index (χ3v) is 5.46. The van der Waals surface area contributed by atoms with E-state index in [-0.39, 0.29) is 10.8 Å². The smallest absolute Gasteiger partial charge is 0.228 e. The van der Waals surface area contributed by atoms with Gasteiger partial charge in [0.2, 0.25) is 5.91 Å². The predicted octanol–water partition coefficient (Wildman–Crippen LogP) is 1.83. The van der Waals surface area contributed by atoms with Gasteiger partial charge in [-0.25, -0.2) is 0 Å². The molecular formula is C15H25NO3. The quantitative estimate of drug-likeness (QED) is 0.780. The number of carbonyl (C=O) groups excluding carboxylic acids is 1. The number of rotatable bonds is 4. The molecule has 19 heavy (non-hydrogen) atoms. The Morgan fingerprint density at radius 2 is 2.16 bits per heavy atom. The highest BCUT2D eigenvalue weighted by atomic mass is 16.5. The maximum Gasteiger partial charge on any atom is 0.228 e. The zero-order chi connectivity index (χ0) is 13.3. The Bertz CT molecular complexity index is 345. The molecule has 4 heteroatoms. The van der Waals surface area contributed by atoms with E-state index >= 15 is 0 Å². The fraction of sp³-hybridized carbons (Fsp3) is 0.933. The van der Waals surface area contributed by atoms with Gasteiger partial charge in [0.1, 0.15) is 0 Å². The Balaban J connectivity index is 1.63. The number of nitrogens with zero attached hydrogens (tertiary/aromatic N) is 1. The molecule has 1 atom stereocenters. The number of ether oxygens (including phenoxy) is 2. The molecule has 2 heterocycles. The van der Waals surface area contributed by atoms with Gasteiger partial charge in [0, 0.05) is 38.8 Å². The zero-order valence-corrected chi connectivity index (χ0v) is 12.0. The second-order valence-electron chi connectivity index (χ2n) is 6.66. The minimum absolute atomic E-state index is 0.0962. The molecule has 3 fully saturated rings. The van der Waals surface area contributed by atoms with E-state index in [1.807, 2.05) is 0 Å². The van der Waals surface area contributed by atoms with Crippen molar-refractivity contribution in [3.05, 3.63) is 0 Å². The van der Waals surface area contributed by atoms with E-state index in [4.69, 9.17) is 9.47 Å². The van der Waals surface area contributed by atoms with Gasteiger partial charge in [-0.1, -0.05) is 6.42 Å². The van der Waals surface area contributed by atoms with Crippen LogP contribution < -0.4 is 0 Å². The first-order chi connectivity index (χ1) is 9.20. The average molecular weight is 267 g/mol. The summed E-state index contributed by atoms with van der Waals surface area (Å²) in [6.45, 7) is 4.27. The summed E-state index contributed by atoms with van der Waals surface area (Å²) in [5.74, 6) is 0.388. The van der Waals surface area contributed by atoms with E-state index in [1.165, 1.54) is 6.42 Å². The van der Waals surface area contributed by atoms with Crippen molar-refractivity contribution in [3.63, 3.8) is 0 Å². The van der Waals surface area contributed by atoms with Gasteiger partial charge in [-0.05, 0) is 32.1 Å². The molecule has 0 aromatic carbocycles. The summed E-state index contributed by atoms with van der Waals surface area (Å²) in [6.07, 6.45) is 6.44. The fourth-order valence-corrected chi connectivity index (χ4v) is 3.89. The fourth-order valence-electron chi connectivity index (χ4n) is 3.89. The van der Waals surface area contributed by atoms with Crippen LogP contribution in [0.15, 0.2) is 0 Å². The Morgan fingerprint density at radius 3 is 2.74 bits per heavy atom. The first kappa shape index (κ1) is 13.4. The molecule has 3 rings (SSSR count). The highest BCUT2D eigenvalue weighted by Gasteiger charge is 2.50. The van der Waals surface area contributed by atoms with Crippen molar-refractivity contribution in [3.8, 4) is 0 Å². The molecule has 1 unspecified atom stereocenters. The number of amides is 1. The minimum Gasteiger partial charge on any atom is -0.385 e. The molecule has 3 aliphatic rings. The third-order valence-electron chi connectivity index (χ3n) is 5.46. The van der Waals surface area contributed by atoms with Gasteiger partial charge < -0.3 is 14.4 Å². The molecule has 0 bridgehead atoms. The summed E-state index contributed by atoms with van der Waals surface area (Å²) in [5.41, 5.74) is 0.183. The molecule has 0 N–H and O–H groups in total.